The first-order valence-electron chi connectivity index (χ1n) is 29.0. The number of ether oxygens (including phenoxy) is 2. The fourth-order valence-electron chi connectivity index (χ4n) is 15.7. The minimum absolute atomic E-state index is 0.0208. The van der Waals surface area contributed by atoms with Gasteiger partial charge in [0.1, 0.15) is 42.1 Å². The Morgan fingerprint density at radius 3 is 2.46 bits per heavy atom. The summed E-state index contributed by atoms with van der Waals surface area (Å²) in [5.74, 6) is 1.49. The standard InChI is InChI=1S/C61H67F2N11O6/c1-3-43-46(62)12-8-37-6-4-7-44(51(37)43)53-52(63)54-45(31-64-53)55(72-32-39-10-11-40(33-72)65-39)68-57(67-54)80-35-61-19-5-23-73(61)41(16-20-61)34-79-59(78)71-26-21-60(22-27-71)29-42(30-60)70-24-17-36(18-25-70)38-9-13-47-49(28-38)69(2)58(77)74(47)48-14-15-50(75)66-56(48)76/h1,4,6-9,12-13,28,31,36,39-42,48,65H,5,10-11,14-27,29-30,32-35H2,2H3,(H,66,75,76)/t39?,40?,41-,48?,61+/m0/s1. The summed E-state index contributed by atoms with van der Waals surface area (Å²) in [6, 6.07) is 15.0. The number of likely N-dealkylation sites (tertiary alicyclic amines) is 2. The number of aryl methyl sites for hydroxylation is 1. The van der Waals surface area contributed by atoms with E-state index in [1.54, 1.807) is 40.6 Å². The van der Waals surface area contributed by atoms with E-state index in [0.29, 0.717) is 103 Å². The molecule has 6 aromatic rings. The average Bonchev–Trinajstić information content (AvgIpc) is 4.20. The number of aromatic nitrogens is 5. The lowest BCUT2D eigenvalue weighted by atomic mass is 9.59. The van der Waals surface area contributed by atoms with Crippen LogP contribution in [0, 0.1) is 29.4 Å². The zero-order chi connectivity index (χ0) is 54.6. The summed E-state index contributed by atoms with van der Waals surface area (Å²) in [5, 5.41) is 7.64. The van der Waals surface area contributed by atoms with Gasteiger partial charge in [0, 0.05) is 81.0 Å². The van der Waals surface area contributed by atoms with Crippen LogP contribution >= 0.6 is 0 Å². The van der Waals surface area contributed by atoms with E-state index in [-0.39, 0.29) is 63.9 Å². The van der Waals surface area contributed by atoms with Crippen LogP contribution in [0.2, 0.25) is 0 Å². The Hall–Kier alpha value is -7.01. The molecule has 3 unspecified atom stereocenters. The molecular weight excluding hydrogens is 1020 g/mol. The SMILES string of the molecule is C#Cc1c(F)ccc2cccc(-c3ncc4c(N5CC6CCC(C5)N6)nc(OC[C@]56CCCN5[C@H](COC(=O)N5CCC7(CC5)CC(N5CCC(c8ccc9c(c8)n(C)c(=O)n9C8CCC(=O)NC8=O)CC5)C7)CC6)nc4c3F)c12. The van der Waals surface area contributed by atoms with E-state index in [2.05, 4.69) is 48.4 Å². The predicted octanol–water partition coefficient (Wildman–Crippen LogP) is 7.31. The highest BCUT2D eigenvalue weighted by Gasteiger charge is 2.52. The topological polar surface area (TPSA) is 172 Å². The normalized spacial score (nSPS) is 26.3. The van der Waals surface area contributed by atoms with Crippen molar-refractivity contribution >= 4 is 56.4 Å². The number of imidazole rings is 1. The smallest absolute Gasteiger partial charge is 0.409 e. The third-order valence-electron chi connectivity index (χ3n) is 20.0. The maximum atomic E-state index is 17.2. The molecule has 80 heavy (non-hydrogen) atoms. The van der Waals surface area contributed by atoms with E-state index in [1.807, 2.05) is 17.0 Å². The summed E-state index contributed by atoms with van der Waals surface area (Å²) in [4.78, 5) is 75.2. The third kappa shape index (κ3) is 8.69. The minimum Gasteiger partial charge on any atom is -0.461 e. The molecule has 416 valence electrons. The molecule has 14 rings (SSSR count). The lowest BCUT2D eigenvalue weighted by Crippen LogP contribution is -2.56. The summed E-state index contributed by atoms with van der Waals surface area (Å²) < 4.78 is 48.3. The summed E-state index contributed by atoms with van der Waals surface area (Å²) in [6.45, 7) is 6.33. The molecule has 7 aliphatic heterocycles. The number of imide groups is 1. The molecule has 1 saturated carbocycles. The molecule has 8 aliphatic rings. The molecule has 1 spiro atoms. The number of carbonyl (C=O) groups is 3. The van der Waals surface area contributed by atoms with Gasteiger partial charge in [-0.2, -0.15) is 9.97 Å². The van der Waals surface area contributed by atoms with Crippen molar-refractivity contribution in [3.05, 3.63) is 88.0 Å². The molecule has 1 aliphatic carbocycles. The summed E-state index contributed by atoms with van der Waals surface area (Å²) in [7, 11) is 1.75. The first-order chi connectivity index (χ1) is 38.8. The molecule has 3 amide bonds. The van der Waals surface area contributed by atoms with Gasteiger partial charge in [-0.1, -0.05) is 36.3 Å². The number of benzene rings is 3. The second kappa shape index (κ2) is 19.9. The maximum Gasteiger partial charge on any atom is 0.409 e. The molecule has 2 N–H and O–H groups in total. The van der Waals surface area contributed by atoms with Crippen molar-refractivity contribution in [3.63, 3.8) is 0 Å². The number of hydrogen-bond donors (Lipinski definition) is 2. The van der Waals surface area contributed by atoms with Crippen LogP contribution in [0.4, 0.5) is 19.4 Å². The fourth-order valence-corrected chi connectivity index (χ4v) is 15.7. The molecule has 2 bridgehead atoms. The maximum absolute atomic E-state index is 17.2. The number of anilines is 1. The molecule has 7 saturated heterocycles. The molecular formula is C61H67F2N11O6. The monoisotopic (exact) mass is 1090 g/mol. The van der Waals surface area contributed by atoms with Crippen LogP contribution in [0.25, 0.3) is 44.0 Å². The molecule has 19 heteroatoms. The lowest BCUT2D eigenvalue weighted by Gasteiger charge is -2.56. The molecule has 3 aromatic heterocycles. The Morgan fingerprint density at radius 2 is 1.69 bits per heavy atom. The molecule has 17 nitrogen and oxygen atoms in total. The molecule has 5 atom stereocenters. The Morgan fingerprint density at radius 1 is 0.887 bits per heavy atom. The number of piperazine rings is 1. The molecule has 10 heterocycles. The molecule has 8 fully saturated rings. The number of nitrogens with one attached hydrogen (secondary N) is 2. The largest absolute Gasteiger partial charge is 0.461 e. The first kappa shape index (κ1) is 51.2. The van der Waals surface area contributed by atoms with Gasteiger partial charge in [0.25, 0.3) is 0 Å². The molecule has 3 aromatic carbocycles. The van der Waals surface area contributed by atoms with Gasteiger partial charge in [0.05, 0.1) is 27.5 Å². The summed E-state index contributed by atoms with van der Waals surface area (Å²) in [6.07, 6.45) is 19.8. The van der Waals surface area contributed by atoms with Gasteiger partial charge < -0.3 is 29.5 Å². The second-order valence-corrected chi connectivity index (χ2v) is 24.4. The number of carbonyl (C=O) groups excluding carboxylic acids is 3. The number of nitrogens with zero attached hydrogens (tertiary/aromatic N) is 9. The highest BCUT2D eigenvalue weighted by atomic mass is 19.1. The van der Waals surface area contributed by atoms with Crippen molar-refractivity contribution in [1.82, 2.24) is 49.4 Å². The lowest BCUT2D eigenvalue weighted by molar-refractivity contribution is -0.135. The number of hydrogen-bond acceptors (Lipinski definition) is 13. The quantitative estimate of drug-likeness (QED) is 0.103. The van der Waals surface area contributed by atoms with Crippen molar-refractivity contribution in [1.29, 1.82) is 0 Å². The number of terminal acetylenes is 1. The Balaban J connectivity index is 0.590. The van der Waals surface area contributed by atoms with Crippen LogP contribution in [-0.2, 0) is 21.4 Å². The number of fused-ring (bicyclic) bond motifs is 6. The summed E-state index contributed by atoms with van der Waals surface area (Å²) >= 11 is 0. The van der Waals surface area contributed by atoms with Gasteiger partial charge in [-0.05, 0) is 144 Å². The van der Waals surface area contributed by atoms with Gasteiger partial charge in [-0.3, -0.25) is 33.9 Å². The highest BCUT2D eigenvalue weighted by molar-refractivity contribution is 6.02. The van der Waals surface area contributed by atoms with Crippen LogP contribution < -0.4 is 26.0 Å². The highest BCUT2D eigenvalue weighted by Crippen LogP contribution is 2.52. The number of halogens is 2. The Labute approximate surface area is 462 Å². The van der Waals surface area contributed by atoms with E-state index >= 15 is 8.78 Å². The van der Waals surface area contributed by atoms with Crippen molar-refractivity contribution < 1.29 is 32.6 Å². The van der Waals surface area contributed by atoms with Gasteiger partial charge in [0.15, 0.2) is 5.82 Å². The Kier molecular flexibility index (Phi) is 12.7. The van der Waals surface area contributed by atoms with Gasteiger partial charge in [-0.25, -0.2) is 18.4 Å². The minimum atomic E-state index is -0.697. The van der Waals surface area contributed by atoms with Gasteiger partial charge in [-0.15, -0.1) is 6.42 Å². The van der Waals surface area contributed by atoms with Crippen LogP contribution in [0.3, 0.4) is 0 Å². The van der Waals surface area contributed by atoms with Crippen molar-refractivity contribution in [2.24, 2.45) is 12.5 Å². The van der Waals surface area contributed by atoms with E-state index in [0.717, 1.165) is 102 Å². The zero-order valence-electron chi connectivity index (χ0n) is 45.2. The van der Waals surface area contributed by atoms with E-state index in [1.165, 1.54) is 11.6 Å². The fraction of sp³-hybridized carbons (Fsp3) is 0.525. The van der Waals surface area contributed by atoms with Crippen molar-refractivity contribution in [2.75, 3.05) is 63.9 Å². The van der Waals surface area contributed by atoms with Crippen LogP contribution in [0.15, 0.2) is 59.5 Å². The zero-order valence-corrected chi connectivity index (χ0v) is 45.2. The van der Waals surface area contributed by atoms with Crippen LogP contribution in [-0.4, -0.2) is 145 Å². The molecule has 0 radical (unpaired) electrons. The van der Waals surface area contributed by atoms with E-state index in [4.69, 9.17) is 25.9 Å². The van der Waals surface area contributed by atoms with Crippen molar-refractivity contribution in [2.45, 2.75) is 132 Å². The van der Waals surface area contributed by atoms with Crippen LogP contribution in [0.5, 0.6) is 6.01 Å². The van der Waals surface area contributed by atoms with Crippen LogP contribution in [0.1, 0.15) is 113 Å². The first-order valence-corrected chi connectivity index (χ1v) is 29.0. The average molecular weight is 1090 g/mol. The van der Waals surface area contributed by atoms with Crippen molar-refractivity contribution in [3.8, 4) is 29.6 Å². The van der Waals surface area contributed by atoms with E-state index < -0.39 is 23.6 Å². The Bertz CT molecular complexity index is 3600. The van der Waals surface area contributed by atoms with Gasteiger partial charge >= 0.3 is 17.8 Å². The number of amides is 3. The third-order valence-corrected chi connectivity index (χ3v) is 20.0. The number of piperidine rings is 3. The number of rotatable bonds is 10. The summed E-state index contributed by atoms with van der Waals surface area (Å²) in [5.41, 5.74) is 2.98. The second-order valence-electron chi connectivity index (χ2n) is 24.4. The van der Waals surface area contributed by atoms with E-state index in [9.17, 15) is 19.2 Å². The predicted molar refractivity (Wildman–Crippen MR) is 297 cm³/mol. The number of pyridine rings is 1. The van der Waals surface area contributed by atoms with Gasteiger partial charge in [0.2, 0.25) is 11.8 Å².